The predicted octanol–water partition coefficient (Wildman–Crippen LogP) is 2.90. The fraction of sp³-hybridized carbons (Fsp3) is 0. The number of hydrogen-bond acceptors (Lipinski definition) is 5. The Labute approximate surface area is 125 Å². The molecule has 0 N–H and O–H groups in total. The molecule has 0 radical (unpaired) electrons. The molecule has 0 saturated carbocycles. The van der Waals surface area contributed by atoms with Gasteiger partial charge in [0.2, 0.25) is 5.88 Å². The van der Waals surface area contributed by atoms with Crippen LogP contribution in [-0.4, -0.2) is 21.2 Å². The highest BCUT2D eigenvalue weighted by atomic mass is 19.1. The molecule has 0 unspecified atom stereocenters. The maximum absolute atomic E-state index is 12.9. The molecule has 6 heteroatoms. The van der Waals surface area contributed by atoms with E-state index in [9.17, 15) is 9.18 Å². The molecule has 3 rings (SSSR count). The topological polar surface area (TPSA) is 65.0 Å². The number of benzene rings is 1. The number of halogens is 1. The molecule has 108 valence electrons. The second-order valence-corrected chi connectivity index (χ2v) is 4.39. The number of carbonyl (C=O) groups excluding carboxylic acids is 1. The summed E-state index contributed by atoms with van der Waals surface area (Å²) in [6.45, 7) is 0. The summed E-state index contributed by atoms with van der Waals surface area (Å²) in [5, 5.41) is 7.80. The number of carbonyl (C=O) groups is 1. The first kappa shape index (κ1) is 13.8. The Kier molecular flexibility index (Phi) is 3.82. The minimum absolute atomic E-state index is 0.0831. The molecule has 0 fully saturated rings. The average molecular weight is 295 g/mol. The fourth-order valence-corrected chi connectivity index (χ4v) is 1.79. The van der Waals surface area contributed by atoms with Crippen molar-refractivity contribution < 1.29 is 13.9 Å². The van der Waals surface area contributed by atoms with Gasteiger partial charge in [-0.1, -0.05) is 0 Å². The zero-order chi connectivity index (χ0) is 15.4. The minimum atomic E-state index is -0.558. The normalized spacial score (nSPS) is 10.2. The van der Waals surface area contributed by atoms with E-state index in [1.807, 2.05) is 0 Å². The van der Waals surface area contributed by atoms with Crippen molar-refractivity contribution >= 4 is 5.97 Å². The maximum Gasteiger partial charge on any atom is 0.346 e. The molecule has 0 atom stereocenters. The molecule has 2 aromatic heterocycles. The number of aromatic nitrogens is 3. The van der Waals surface area contributed by atoms with Crippen molar-refractivity contribution in [3.8, 4) is 17.1 Å². The number of ether oxygens (including phenoxy) is 1. The number of nitrogens with zero attached hydrogens (tertiary/aromatic N) is 3. The minimum Gasteiger partial charge on any atom is -0.402 e. The van der Waals surface area contributed by atoms with Gasteiger partial charge in [0, 0.05) is 24.0 Å². The Morgan fingerprint density at radius 1 is 1.00 bits per heavy atom. The Bertz CT molecular complexity index is 775. The molecule has 2 heterocycles. The summed E-state index contributed by atoms with van der Waals surface area (Å²) < 4.78 is 18.0. The van der Waals surface area contributed by atoms with Crippen LogP contribution in [0.25, 0.3) is 11.3 Å². The van der Waals surface area contributed by atoms with Crippen LogP contribution in [0.1, 0.15) is 10.4 Å². The van der Waals surface area contributed by atoms with Crippen molar-refractivity contribution in [2.45, 2.75) is 0 Å². The van der Waals surface area contributed by atoms with Gasteiger partial charge >= 0.3 is 5.97 Å². The second-order valence-electron chi connectivity index (χ2n) is 4.39. The van der Waals surface area contributed by atoms with E-state index >= 15 is 0 Å². The molecule has 5 nitrogen and oxygen atoms in total. The van der Waals surface area contributed by atoms with Crippen molar-refractivity contribution in [2.24, 2.45) is 0 Å². The zero-order valence-electron chi connectivity index (χ0n) is 11.3. The highest BCUT2D eigenvalue weighted by Gasteiger charge is 2.10. The van der Waals surface area contributed by atoms with E-state index in [0.717, 1.165) is 5.56 Å². The third-order valence-corrected chi connectivity index (χ3v) is 2.87. The molecule has 0 aliphatic carbocycles. The highest BCUT2D eigenvalue weighted by Crippen LogP contribution is 2.18. The molecule has 0 aliphatic heterocycles. The van der Waals surface area contributed by atoms with Crippen LogP contribution in [0.15, 0.2) is 60.9 Å². The second kappa shape index (κ2) is 6.09. The summed E-state index contributed by atoms with van der Waals surface area (Å²) >= 11 is 0. The molecule has 0 bridgehead atoms. The van der Waals surface area contributed by atoms with E-state index in [4.69, 9.17) is 4.74 Å². The smallest absolute Gasteiger partial charge is 0.346 e. The van der Waals surface area contributed by atoms with E-state index in [1.54, 1.807) is 36.5 Å². The number of esters is 1. The van der Waals surface area contributed by atoms with Crippen LogP contribution in [0, 0.1) is 5.82 Å². The van der Waals surface area contributed by atoms with Crippen LogP contribution in [0.4, 0.5) is 4.39 Å². The summed E-state index contributed by atoms with van der Waals surface area (Å²) in [7, 11) is 0. The third kappa shape index (κ3) is 3.12. The summed E-state index contributed by atoms with van der Waals surface area (Å²) in [5.74, 6) is -0.796. The lowest BCUT2D eigenvalue weighted by atomic mass is 10.1. The first-order valence-electron chi connectivity index (χ1n) is 6.44. The van der Waals surface area contributed by atoms with Gasteiger partial charge in [0.05, 0.1) is 11.3 Å². The molecule has 0 amide bonds. The summed E-state index contributed by atoms with van der Waals surface area (Å²) in [4.78, 5) is 15.7. The predicted molar refractivity (Wildman–Crippen MR) is 76.6 cm³/mol. The van der Waals surface area contributed by atoms with Crippen molar-refractivity contribution in [1.82, 2.24) is 15.2 Å². The van der Waals surface area contributed by atoms with Crippen molar-refractivity contribution in [3.63, 3.8) is 0 Å². The van der Waals surface area contributed by atoms with E-state index in [0.29, 0.717) is 11.3 Å². The zero-order valence-corrected chi connectivity index (χ0v) is 11.3. The first-order valence-corrected chi connectivity index (χ1v) is 6.44. The Morgan fingerprint density at radius 3 is 2.45 bits per heavy atom. The Hall–Kier alpha value is -3.15. The molecule has 0 spiro atoms. The van der Waals surface area contributed by atoms with Gasteiger partial charge in [-0.3, -0.25) is 4.98 Å². The molecular weight excluding hydrogens is 285 g/mol. The van der Waals surface area contributed by atoms with Gasteiger partial charge in [-0.15, -0.1) is 10.2 Å². The van der Waals surface area contributed by atoms with Gasteiger partial charge in [0.15, 0.2) is 0 Å². The van der Waals surface area contributed by atoms with Crippen LogP contribution < -0.4 is 4.74 Å². The van der Waals surface area contributed by atoms with E-state index in [2.05, 4.69) is 15.2 Å². The van der Waals surface area contributed by atoms with E-state index < -0.39 is 5.97 Å². The standard InChI is InChI=1S/C16H10FN3O2/c17-13-5-3-11(4-6-13)14-7-8-15(20-19-14)22-16(21)12-2-1-9-18-10-12/h1-10H. The fourth-order valence-electron chi connectivity index (χ4n) is 1.79. The maximum atomic E-state index is 12.9. The first-order chi connectivity index (χ1) is 10.7. The lowest BCUT2D eigenvalue weighted by molar-refractivity contribution is 0.0725. The van der Waals surface area contributed by atoms with E-state index in [-0.39, 0.29) is 11.7 Å². The molecule has 3 aromatic rings. The monoisotopic (exact) mass is 295 g/mol. The number of pyridine rings is 1. The van der Waals surface area contributed by atoms with Crippen LogP contribution in [0.2, 0.25) is 0 Å². The van der Waals surface area contributed by atoms with Crippen molar-refractivity contribution in [2.75, 3.05) is 0 Å². The largest absolute Gasteiger partial charge is 0.402 e. The molecular formula is C16H10FN3O2. The summed E-state index contributed by atoms with van der Waals surface area (Å²) in [6.07, 6.45) is 2.97. The third-order valence-electron chi connectivity index (χ3n) is 2.87. The summed E-state index contributed by atoms with van der Waals surface area (Å²) in [5.41, 5.74) is 1.60. The van der Waals surface area contributed by atoms with Crippen molar-refractivity contribution in [1.29, 1.82) is 0 Å². The van der Waals surface area contributed by atoms with Crippen LogP contribution >= 0.6 is 0 Å². The van der Waals surface area contributed by atoms with Gasteiger partial charge in [0.1, 0.15) is 5.82 Å². The number of rotatable bonds is 3. The van der Waals surface area contributed by atoms with Crippen molar-refractivity contribution in [3.05, 3.63) is 72.3 Å². The van der Waals surface area contributed by atoms with Gasteiger partial charge < -0.3 is 4.74 Å². The lowest BCUT2D eigenvalue weighted by Crippen LogP contribution is -2.10. The Balaban J connectivity index is 1.74. The highest BCUT2D eigenvalue weighted by molar-refractivity contribution is 5.90. The molecule has 1 aromatic carbocycles. The van der Waals surface area contributed by atoms with Gasteiger partial charge in [-0.2, -0.15) is 0 Å². The van der Waals surface area contributed by atoms with Gasteiger partial charge in [-0.25, -0.2) is 9.18 Å². The Morgan fingerprint density at radius 2 is 1.82 bits per heavy atom. The quantitative estimate of drug-likeness (QED) is 0.695. The summed E-state index contributed by atoms with van der Waals surface area (Å²) in [6, 6.07) is 12.3. The molecule has 0 saturated heterocycles. The number of hydrogen-bond donors (Lipinski definition) is 0. The van der Waals surface area contributed by atoms with Gasteiger partial charge in [0.25, 0.3) is 0 Å². The SMILES string of the molecule is O=C(Oc1ccc(-c2ccc(F)cc2)nn1)c1cccnc1. The van der Waals surface area contributed by atoms with E-state index in [1.165, 1.54) is 24.4 Å². The van der Waals surface area contributed by atoms with Crippen LogP contribution in [-0.2, 0) is 0 Å². The van der Waals surface area contributed by atoms with Crippen LogP contribution in [0.5, 0.6) is 5.88 Å². The lowest BCUT2D eigenvalue weighted by Gasteiger charge is -2.04. The molecule has 22 heavy (non-hydrogen) atoms. The van der Waals surface area contributed by atoms with Gasteiger partial charge in [-0.05, 0) is 42.5 Å². The average Bonchev–Trinajstić information content (AvgIpc) is 2.57. The van der Waals surface area contributed by atoms with Crippen LogP contribution in [0.3, 0.4) is 0 Å². The molecule has 0 aliphatic rings.